The third-order valence-corrected chi connectivity index (χ3v) is 3.45. The van der Waals surface area contributed by atoms with Gasteiger partial charge >= 0.3 is 5.97 Å². The lowest BCUT2D eigenvalue weighted by molar-refractivity contribution is -0.136. The number of cyclic esters (lactones) is 1. The number of aryl methyl sites for hydroxylation is 2. The van der Waals surface area contributed by atoms with Crippen LogP contribution in [0.4, 0.5) is 0 Å². The Labute approximate surface area is 100 Å². The van der Waals surface area contributed by atoms with Gasteiger partial charge in [-0.3, -0.25) is 0 Å². The summed E-state index contributed by atoms with van der Waals surface area (Å²) in [4.78, 5) is 11.6. The molecule has 1 heterocycles. The van der Waals surface area contributed by atoms with Crippen LogP contribution in [0.3, 0.4) is 0 Å². The zero-order chi connectivity index (χ0) is 12.0. The number of carbonyl (C=O) groups excluding carboxylic acids is 1. The minimum atomic E-state index is -0.159. The van der Waals surface area contributed by atoms with Crippen LogP contribution in [-0.4, -0.2) is 19.7 Å². The Morgan fingerprint density at radius 3 is 2.82 bits per heavy atom. The summed E-state index contributed by atoms with van der Waals surface area (Å²) in [6.07, 6.45) is 1.68. The number of hydrogen-bond donors (Lipinski definition) is 0. The van der Waals surface area contributed by atoms with Crippen molar-refractivity contribution in [1.82, 2.24) is 0 Å². The highest BCUT2D eigenvalue weighted by molar-refractivity contribution is 6.03. The van der Waals surface area contributed by atoms with E-state index in [-0.39, 0.29) is 5.97 Å². The van der Waals surface area contributed by atoms with Gasteiger partial charge in [0.25, 0.3) is 0 Å². The molecule has 0 spiro atoms. The zero-order valence-corrected chi connectivity index (χ0v) is 10.0. The van der Waals surface area contributed by atoms with Crippen molar-refractivity contribution in [1.29, 1.82) is 0 Å². The molecule has 1 aliphatic heterocycles. The fourth-order valence-corrected chi connectivity index (χ4v) is 2.70. The quantitative estimate of drug-likeness (QED) is 0.694. The van der Waals surface area contributed by atoms with Crippen LogP contribution in [0.15, 0.2) is 17.7 Å². The van der Waals surface area contributed by atoms with Gasteiger partial charge in [-0.25, -0.2) is 4.79 Å². The molecule has 0 atom stereocenters. The van der Waals surface area contributed by atoms with Crippen molar-refractivity contribution in [3.8, 4) is 5.75 Å². The Hall–Kier alpha value is -1.77. The lowest BCUT2D eigenvalue weighted by Crippen LogP contribution is -2.08. The summed E-state index contributed by atoms with van der Waals surface area (Å²) in [5, 5.41) is 0. The van der Waals surface area contributed by atoms with Crippen LogP contribution in [0.2, 0.25) is 0 Å². The molecule has 1 aliphatic carbocycles. The number of fused-ring (bicyclic) bond motifs is 2. The van der Waals surface area contributed by atoms with E-state index in [1.165, 1.54) is 11.1 Å². The minimum absolute atomic E-state index is 0.159. The molecule has 3 nitrogen and oxygen atoms in total. The van der Waals surface area contributed by atoms with E-state index in [9.17, 15) is 4.79 Å². The highest BCUT2D eigenvalue weighted by Crippen LogP contribution is 2.41. The van der Waals surface area contributed by atoms with E-state index in [2.05, 4.69) is 13.0 Å². The summed E-state index contributed by atoms with van der Waals surface area (Å²) < 4.78 is 10.6. The van der Waals surface area contributed by atoms with Gasteiger partial charge in [-0.2, -0.15) is 0 Å². The molecule has 17 heavy (non-hydrogen) atoms. The van der Waals surface area contributed by atoms with Crippen LogP contribution in [-0.2, 0) is 16.0 Å². The highest BCUT2D eigenvalue weighted by atomic mass is 16.5. The van der Waals surface area contributed by atoms with Gasteiger partial charge in [0.15, 0.2) is 0 Å². The number of methoxy groups -OCH3 is 1. The van der Waals surface area contributed by atoms with E-state index in [4.69, 9.17) is 9.47 Å². The van der Waals surface area contributed by atoms with Gasteiger partial charge in [0.05, 0.1) is 7.11 Å². The van der Waals surface area contributed by atoms with Crippen LogP contribution >= 0.6 is 0 Å². The fourth-order valence-electron chi connectivity index (χ4n) is 2.70. The number of ether oxygens (including phenoxy) is 2. The Balaban J connectivity index is 2.24. The standard InChI is InChI=1S/C14H14O3/c1-8-5-9-3-4-10-11(7-17-14(10)15)13(9)12(6-8)16-2/h5-6H,3-4,7H2,1-2H3. The van der Waals surface area contributed by atoms with E-state index < -0.39 is 0 Å². The minimum Gasteiger partial charge on any atom is -0.496 e. The molecular weight excluding hydrogens is 216 g/mol. The molecule has 0 unspecified atom stereocenters. The maximum atomic E-state index is 11.6. The first-order valence-electron chi connectivity index (χ1n) is 5.77. The SMILES string of the molecule is COc1cc(C)cc2c1C1=C(CC2)C(=O)OC1. The Morgan fingerprint density at radius 1 is 1.24 bits per heavy atom. The second kappa shape index (κ2) is 3.62. The van der Waals surface area contributed by atoms with E-state index >= 15 is 0 Å². The maximum Gasteiger partial charge on any atom is 0.334 e. The maximum absolute atomic E-state index is 11.6. The molecule has 2 aliphatic rings. The van der Waals surface area contributed by atoms with Gasteiger partial charge in [0.2, 0.25) is 0 Å². The third kappa shape index (κ3) is 1.46. The predicted molar refractivity (Wildman–Crippen MR) is 63.9 cm³/mol. The lowest BCUT2D eigenvalue weighted by Gasteiger charge is -2.20. The molecule has 88 valence electrons. The fraction of sp³-hybridized carbons (Fsp3) is 0.357. The molecule has 3 rings (SSSR count). The van der Waals surface area contributed by atoms with Gasteiger partial charge < -0.3 is 9.47 Å². The first-order valence-corrected chi connectivity index (χ1v) is 5.77. The van der Waals surface area contributed by atoms with Crippen LogP contribution < -0.4 is 4.74 Å². The van der Waals surface area contributed by atoms with Crippen molar-refractivity contribution in [2.75, 3.05) is 13.7 Å². The van der Waals surface area contributed by atoms with Crippen molar-refractivity contribution in [3.05, 3.63) is 34.4 Å². The van der Waals surface area contributed by atoms with E-state index in [0.29, 0.717) is 6.61 Å². The third-order valence-electron chi connectivity index (χ3n) is 3.45. The van der Waals surface area contributed by atoms with Crippen molar-refractivity contribution < 1.29 is 14.3 Å². The number of rotatable bonds is 1. The van der Waals surface area contributed by atoms with Crippen LogP contribution in [0.25, 0.3) is 5.57 Å². The largest absolute Gasteiger partial charge is 0.496 e. The molecule has 0 fully saturated rings. The van der Waals surface area contributed by atoms with Gasteiger partial charge in [-0.15, -0.1) is 0 Å². The van der Waals surface area contributed by atoms with E-state index in [1.54, 1.807) is 7.11 Å². The molecule has 0 aromatic heterocycles. The van der Waals surface area contributed by atoms with Crippen molar-refractivity contribution >= 4 is 11.5 Å². The predicted octanol–water partition coefficient (Wildman–Crippen LogP) is 2.26. The van der Waals surface area contributed by atoms with Crippen molar-refractivity contribution in [2.24, 2.45) is 0 Å². The summed E-state index contributed by atoms with van der Waals surface area (Å²) >= 11 is 0. The second-order valence-corrected chi connectivity index (χ2v) is 4.53. The number of benzene rings is 1. The number of hydrogen-bond acceptors (Lipinski definition) is 3. The molecular formula is C14H14O3. The van der Waals surface area contributed by atoms with E-state index in [0.717, 1.165) is 35.3 Å². The average Bonchev–Trinajstić information content (AvgIpc) is 2.69. The van der Waals surface area contributed by atoms with Gasteiger partial charge in [-0.1, -0.05) is 6.07 Å². The molecule has 0 N–H and O–H groups in total. The molecule has 1 aromatic rings. The molecule has 0 radical (unpaired) electrons. The zero-order valence-electron chi connectivity index (χ0n) is 10.0. The summed E-state index contributed by atoms with van der Waals surface area (Å²) in [5.74, 6) is 0.693. The smallest absolute Gasteiger partial charge is 0.334 e. The normalized spacial score (nSPS) is 17.6. The summed E-state index contributed by atoms with van der Waals surface area (Å²) in [7, 11) is 1.67. The topological polar surface area (TPSA) is 35.5 Å². The van der Waals surface area contributed by atoms with Crippen molar-refractivity contribution in [3.63, 3.8) is 0 Å². The Bertz CT molecular complexity index is 541. The molecule has 0 bridgehead atoms. The van der Waals surface area contributed by atoms with E-state index in [1.807, 2.05) is 6.07 Å². The number of esters is 1. The van der Waals surface area contributed by atoms with Gasteiger partial charge in [-0.05, 0) is 37.0 Å². The first-order chi connectivity index (χ1) is 8.20. The lowest BCUT2D eigenvalue weighted by atomic mass is 9.85. The Morgan fingerprint density at radius 2 is 2.06 bits per heavy atom. The highest BCUT2D eigenvalue weighted by Gasteiger charge is 2.32. The van der Waals surface area contributed by atoms with Gasteiger partial charge in [0.1, 0.15) is 12.4 Å². The summed E-state index contributed by atoms with van der Waals surface area (Å²) in [5.41, 5.74) is 5.38. The Kier molecular flexibility index (Phi) is 2.21. The second-order valence-electron chi connectivity index (χ2n) is 4.53. The molecule has 0 saturated heterocycles. The molecule has 1 aromatic carbocycles. The van der Waals surface area contributed by atoms with Crippen LogP contribution in [0, 0.1) is 6.92 Å². The average molecular weight is 230 g/mol. The van der Waals surface area contributed by atoms with Crippen LogP contribution in [0.5, 0.6) is 5.75 Å². The molecule has 3 heteroatoms. The summed E-state index contributed by atoms with van der Waals surface area (Å²) in [6.45, 7) is 2.45. The van der Waals surface area contributed by atoms with Crippen molar-refractivity contribution in [2.45, 2.75) is 19.8 Å². The summed E-state index contributed by atoms with van der Waals surface area (Å²) in [6, 6.07) is 4.18. The first kappa shape index (κ1) is 10.4. The van der Waals surface area contributed by atoms with Gasteiger partial charge in [0, 0.05) is 16.7 Å². The number of carbonyl (C=O) groups is 1. The monoisotopic (exact) mass is 230 g/mol. The van der Waals surface area contributed by atoms with Crippen LogP contribution in [0.1, 0.15) is 23.1 Å². The molecule has 0 amide bonds. The molecule has 0 saturated carbocycles.